The fourth-order valence-electron chi connectivity index (χ4n) is 2.69. The number of methoxy groups -OCH3 is 1. The first-order chi connectivity index (χ1) is 12.2. The summed E-state index contributed by atoms with van der Waals surface area (Å²) in [4.78, 5) is 2.18. The highest BCUT2D eigenvalue weighted by molar-refractivity contribution is 7.99. The molecule has 0 amide bonds. The van der Waals surface area contributed by atoms with Gasteiger partial charge in [0.15, 0.2) is 0 Å². The first kappa shape index (κ1) is 16.1. The Kier molecular flexibility index (Phi) is 4.43. The van der Waals surface area contributed by atoms with E-state index in [0.717, 1.165) is 37.8 Å². The highest BCUT2D eigenvalue weighted by Crippen LogP contribution is 2.44. The van der Waals surface area contributed by atoms with Crippen molar-refractivity contribution in [3.8, 4) is 17.1 Å². The second-order valence-electron chi connectivity index (χ2n) is 5.54. The minimum Gasteiger partial charge on any atom is -0.497 e. The lowest BCUT2D eigenvalue weighted by atomic mass is 10.1. The topological polar surface area (TPSA) is 22.4 Å². The molecule has 2 nitrogen and oxygen atoms in total. The van der Waals surface area contributed by atoms with Crippen molar-refractivity contribution >= 4 is 34.3 Å². The Balaban J connectivity index is 1.85. The van der Waals surface area contributed by atoms with Gasteiger partial charge in [0.2, 0.25) is 0 Å². The molecule has 0 saturated carbocycles. The summed E-state index contributed by atoms with van der Waals surface area (Å²) in [5.74, 6) is 1.70. The lowest BCUT2D eigenvalue weighted by Gasteiger charge is -2.05. The van der Waals surface area contributed by atoms with Gasteiger partial charge in [0.05, 0.1) is 12.0 Å². The SMILES string of the molecule is COc1ccc(Sc2c(-c3ccccc3)oc3ccc(Cl)cc23)cc1. The number of rotatable bonds is 4. The molecular weight excluding hydrogens is 352 g/mol. The Morgan fingerprint density at radius 2 is 1.68 bits per heavy atom. The average Bonchev–Trinajstić information content (AvgIpc) is 3.01. The molecule has 0 radical (unpaired) electrons. The molecule has 4 heteroatoms. The van der Waals surface area contributed by atoms with Crippen LogP contribution in [0.1, 0.15) is 0 Å². The third-order valence-corrected chi connectivity index (χ3v) is 5.27. The van der Waals surface area contributed by atoms with Gasteiger partial charge in [-0.3, -0.25) is 0 Å². The van der Waals surface area contributed by atoms with Crippen molar-refractivity contribution in [1.29, 1.82) is 0 Å². The zero-order chi connectivity index (χ0) is 17.2. The van der Waals surface area contributed by atoms with Crippen LogP contribution in [0.2, 0.25) is 5.02 Å². The maximum atomic E-state index is 6.22. The van der Waals surface area contributed by atoms with Gasteiger partial charge in [-0.05, 0) is 42.5 Å². The summed E-state index contributed by atoms with van der Waals surface area (Å²) in [6, 6.07) is 23.9. The molecule has 4 rings (SSSR count). The Morgan fingerprint density at radius 3 is 2.40 bits per heavy atom. The van der Waals surface area contributed by atoms with Crippen molar-refractivity contribution in [2.45, 2.75) is 9.79 Å². The van der Waals surface area contributed by atoms with Crippen LogP contribution in [0.5, 0.6) is 5.75 Å². The summed E-state index contributed by atoms with van der Waals surface area (Å²) < 4.78 is 11.4. The van der Waals surface area contributed by atoms with Crippen molar-refractivity contribution in [3.63, 3.8) is 0 Å². The number of hydrogen-bond acceptors (Lipinski definition) is 3. The molecule has 124 valence electrons. The van der Waals surface area contributed by atoms with E-state index in [2.05, 4.69) is 12.1 Å². The molecule has 0 aliphatic carbocycles. The molecule has 0 unspecified atom stereocenters. The van der Waals surface area contributed by atoms with E-state index in [1.165, 1.54) is 0 Å². The normalized spacial score (nSPS) is 11.0. The van der Waals surface area contributed by atoms with Gasteiger partial charge in [-0.2, -0.15) is 0 Å². The van der Waals surface area contributed by atoms with Crippen molar-refractivity contribution in [2.75, 3.05) is 7.11 Å². The third-order valence-electron chi connectivity index (χ3n) is 3.92. The molecular formula is C21H15ClO2S. The quantitative estimate of drug-likeness (QED) is 0.391. The first-order valence-electron chi connectivity index (χ1n) is 7.84. The van der Waals surface area contributed by atoms with Crippen LogP contribution in [0.4, 0.5) is 0 Å². The molecule has 4 aromatic rings. The second kappa shape index (κ2) is 6.87. The Hall–Kier alpha value is -2.36. The van der Waals surface area contributed by atoms with Crippen LogP contribution < -0.4 is 4.74 Å². The molecule has 3 aromatic carbocycles. The van der Waals surface area contributed by atoms with Gasteiger partial charge in [-0.15, -0.1) is 0 Å². The van der Waals surface area contributed by atoms with Gasteiger partial charge in [0.25, 0.3) is 0 Å². The maximum absolute atomic E-state index is 6.22. The van der Waals surface area contributed by atoms with E-state index in [1.54, 1.807) is 18.9 Å². The number of halogens is 1. The van der Waals surface area contributed by atoms with Gasteiger partial charge >= 0.3 is 0 Å². The number of ether oxygens (including phenoxy) is 1. The largest absolute Gasteiger partial charge is 0.497 e. The standard InChI is InChI=1S/C21H15ClO2S/c1-23-16-8-10-17(11-9-16)25-21-18-13-15(22)7-12-19(18)24-20(21)14-5-3-2-4-6-14/h2-13H,1H3. The summed E-state index contributed by atoms with van der Waals surface area (Å²) in [5, 5.41) is 1.72. The van der Waals surface area contributed by atoms with Crippen LogP contribution in [-0.2, 0) is 0 Å². The highest BCUT2D eigenvalue weighted by Gasteiger charge is 2.17. The Labute approximate surface area is 155 Å². The maximum Gasteiger partial charge on any atom is 0.149 e. The predicted octanol–water partition coefficient (Wildman–Crippen LogP) is 6.91. The van der Waals surface area contributed by atoms with Crippen molar-refractivity contribution in [3.05, 3.63) is 77.8 Å². The van der Waals surface area contributed by atoms with Crippen molar-refractivity contribution in [2.24, 2.45) is 0 Å². The molecule has 25 heavy (non-hydrogen) atoms. The third kappa shape index (κ3) is 3.26. The predicted molar refractivity (Wildman–Crippen MR) is 104 cm³/mol. The lowest BCUT2D eigenvalue weighted by Crippen LogP contribution is -1.82. The van der Waals surface area contributed by atoms with Gasteiger partial charge in [-0.1, -0.05) is 53.7 Å². The number of furan rings is 1. The van der Waals surface area contributed by atoms with Crippen LogP contribution in [0, 0.1) is 0 Å². The number of benzene rings is 3. The smallest absolute Gasteiger partial charge is 0.149 e. The van der Waals surface area contributed by atoms with E-state index in [1.807, 2.05) is 60.7 Å². The molecule has 1 heterocycles. The van der Waals surface area contributed by atoms with Crippen LogP contribution in [0.25, 0.3) is 22.3 Å². The number of fused-ring (bicyclic) bond motifs is 1. The molecule has 0 aliphatic heterocycles. The molecule has 0 bridgehead atoms. The van der Waals surface area contributed by atoms with E-state index >= 15 is 0 Å². The van der Waals surface area contributed by atoms with Crippen LogP contribution in [0.15, 0.2) is 87.0 Å². The molecule has 1 aromatic heterocycles. The van der Waals surface area contributed by atoms with Crippen molar-refractivity contribution < 1.29 is 9.15 Å². The summed E-state index contributed by atoms with van der Waals surface area (Å²) in [5.41, 5.74) is 1.88. The Morgan fingerprint density at radius 1 is 0.920 bits per heavy atom. The molecule has 0 fully saturated rings. The van der Waals surface area contributed by atoms with Gasteiger partial charge in [-0.25, -0.2) is 0 Å². The minimum atomic E-state index is 0.699. The van der Waals surface area contributed by atoms with Crippen molar-refractivity contribution in [1.82, 2.24) is 0 Å². The molecule has 0 atom stereocenters. The fourth-order valence-corrected chi connectivity index (χ4v) is 3.89. The fraction of sp³-hybridized carbons (Fsp3) is 0.0476. The lowest BCUT2D eigenvalue weighted by molar-refractivity contribution is 0.414. The number of hydrogen-bond donors (Lipinski definition) is 0. The van der Waals surface area contributed by atoms with Gasteiger partial charge in [0.1, 0.15) is 17.1 Å². The Bertz CT molecular complexity index is 1010. The van der Waals surface area contributed by atoms with Gasteiger partial charge < -0.3 is 9.15 Å². The van der Waals surface area contributed by atoms with Crippen LogP contribution in [0.3, 0.4) is 0 Å². The molecule has 0 aliphatic rings. The van der Waals surface area contributed by atoms with Crippen LogP contribution >= 0.6 is 23.4 Å². The highest BCUT2D eigenvalue weighted by atomic mass is 35.5. The van der Waals surface area contributed by atoms with Crippen LogP contribution in [-0.4, -0.2) is 7.11 Å². The van der Waals surface area contributed by atoms with E-state index in [-0.39, 0.29) is 0 Å². The first-order valence-corrected chi connectivity index (χ1v) is 9.03. The second-order valence-corrected chi connectivity index (χ2v) is 7.06. The average molecular weight is 367 g/mol. The molecule has 0 N–H and O–H groups in total. The van der Waals surface area contributed by atoms with E-state index in [0.29, 0.717) is 5.02 Å². The summed E-state index contributed by atoms with van der Waals surface area (Å²) in [7, 11) is 1.67. The molecule has 0 spiro atoms. The van der Waals surface area contributed by atoms with E-state index in [9.17, 15) is 0 Å². The minimum absolute atomic E-state index is 0.699. The van der Waals surface area contributed by atoms with E-state index < -0.39 is 0 Å². The zero-order valence-electron chi connectivity index (χ0n) is 13.5. The molecule has 0 saturated heterocycles. The monoisotopic (exact) mass is 366 g/mol. The van der Waals surface area contributed by atoms with Gasteiger partial charge in [0, 0.05) is 20.9 Å². The summed E-state index contributed by atoms with van der Waals surface area (Å²) in [6.07, 6.45) is 0. The summed E-state index contributed by atoms with van der Waals surface area (Å²) >= 11 is 7.89. The zero-order valence-corrected chi connectivity index (χ0v) is 15.1. The van der Waals surface area contributed by atoms with E-state index in [4.69, 9.17) is 20.8 Å². The summed E-state index contributed by atoms with van der Waals surface area (Å²) in [6.45, 7) is 0.